The molecule has 190 valence electrons. The number of aromatic hydroxyl groups is 1. The number of esters is 1. The fourth-order valence-electron chi connectivity index (χ4n) is 3.60. The van der Waals surface area contributed by atoms with Gasteiger partial charge < -0.3 is 19.4 Å². The zero-order chi connectivity index (χ0) is 25.9. The second kappa shape index (κ2) is 14.0. The summed E-state index contributed by atoms with van der Waals surface area (Å²) in [4.78, 5) is 23.2. The van der Waals surface area contributed by atoms with Crippen molar-refractivity contribution in [3.63, 3.8) is 0 Å². The van der Waals surface area contributed by atoms with Gasteiger partial charge in [-0.2, -0.15) is 0 Å². The van der Waals surface area contributed by atoms with Gasteiger partial charge in [-0.05, 0) is 80.1 Å². The van der Waals surface area contributed by atoms with Crippen LogP contribution in [0.5, 0.6) is 5.75 Å². The van der Waals surface area contributed by atoms with E-state index in [4.69, 9.17) is 9.15 Å². The van der Waals surface area contributed by atoms with E-state index in [9.17, 15) is 19.8 Å². The molecule has 6 heteroatoms. The van der Waals surface area contributed by atoms with Gasteiger partial charge in [0, 0.05) is 19.4 Å². The Labute approximate surface area is 204 Å². The number of rotatable bonds is 13. The minimum Gasteiger partial charge on any atom is -0.507 e. The highest BCUT2D eigenvalue weighted by Gasteiger charge is 2.29. The molecule has 0 fully saturated rings. The molecule has 0 saturated heterocycles. The fraction of sp³-hybridized carbons (Fsp3) is 0.571. The highest BCUT2D eigenvalue weighted by molar-refractivity contribution is 5.66. The summed E-state index contributed by atoms with van der Waals surface area (Å²) >= 11 is 0. The summed E-state index contributed by atoms with van der Waals surface area (Å²) in [7, 11) is 0. The first kappa shape index (κ1) is 29.4. The van der Waals surface area contributed by atoms with E-state index in [0.717, 1.165) is 37.7 Å². The molecule has 34 heavy (non-hydrogen) atoms. The van der Waals surface area contributed by atoms with Gasteiger partial charge in [-0.15, -0.1) is 0 Å². The third-order valence-electron chi connectivity index (χ3n) is 5.76. The Balaban J connectivity index is 2.45. The second-order valence-electron chi connectivity index (χ2n) is 9.73. The average molecular weight is 475 g/mol. The van der Waals surface area contributed by atoms with Crippen LogP contribution in [-0.4, -0.2) is 27.9 Å². The first-order valence-corrected chi connectivity index (χ1v) is 12.0. The van der Waals surface area contributed by atoms with Crippen molar-refractivity contribution in [3.8, 4) is 5.75 Å². The third-order valence-corrected chi connectivity index (χ3v) is 5.76. The van der Waals surface area contributed by atoms with Crippen LogP contribution < -0.4 is 5.63 Å². The summed E-state index contributed by atoms with van der Waals surface area (Å²) in [6, 6.07) is 1.47. The normalized spacial score (nSPS) is 14.3. The molecule has 1 atom stereocenters. The number of allylic oxidation sites excluding steroid dienone is 6. The molecule has 0 radical (unpaired) electrons. The molecule has 0 bridgehead atoms. The zero-order valence-corrected chi connectivity index (χ0v) is 21.9. The Bertz CT molecular complexity index is 956. The van der Waals surface area contributed by atoms with Crippen LogP contribution in [0.15, 0.2) is 50.2 Å². The molecule has 0 aromatic carbocycles. The van der Waals surface area contributed by atoms with Crippen LogP contribution in [0.4, 0.5) is 0 Å². The molecule has 0 spiro atoms. The van der Waals surface area contributed by atoms with E-state index < -0.39 is 17.3 Å². The van der Waals surface area contributed by atoms with Crippen molar-refractivity contribution in [2.75, 3.05) is 0 Å². The van der Waals surface area contributed by atoms with Gasteiger partial charge in [-0.3, -0.25) is 4.79 Å². The molecule has 1 rings (SSSR count). The predicted octanol–water partition coefficient (Wildman–Crippen LogP) is 6.08. The van der Waals surface area contributed by atoms with Crippen LogP contribution >= 0.6 is 0 Å². The molecule has 1 aromatic heterocycles. The molecular formula is C28H42O6. The van der Waals surface area contributed by atoms with Gasteiger partial charge in [0.2, 0.25) is 0 Å². The van der Waals surface area contributed by atoms with Gasteiger partial charge in [0.1, 0.15) is 17.6 Å². The number of carbonyl (C=O) groups is 1. The van der Waals surface area contributed by atoms with E-state index in [-0.39, 0.29) is 11.7 Å². The summed E-state index contributed by atoms with van der Waals surface area (Å²) < 4.78 is 10.3. The first-order valence-electron chi connectivity index (χ1n) is 12.0. The van der Waals surface area contributed by atoms with Crippen LogP contribution in [0.3, 0.4) is 0 Å². The lowest BCUT2D eigenvalue weighted by molar-refractivity contribution is -0.159. The maximum Gasteiger partial charge on any atom is 0.343 e. The lowest BCUT2D eigenvalue weighted by Gasteiger charge is -2.28. The summed E-state index contributed by atoms with van der Waals surface area (Å²) in [6.07, 6.45) is 11.3. The number of carbonyl (C=O) groups excluding carboxylic acids is 1. The lowest BCUT2D eigenvalue weighted by Crippen LogP contribution is -2.39. The molecule has 1 heterocycles. The van der Waals surface area contributed by atoms with E-state index >= 15 is 0 Å². The minimum absolute atomic E-state index is 0.0149. The summed E-state index contributed by atoms with van der Waals surface area (Å²) in [5, 5.41) is 20.1. The Morgan fingerprint density at radius 2 is 1.56 bits per heavy atom. The highest BCUT2D eigenvalue weighted by Crippen LogP contribution is 2.21. The Hall–Kier alpha value is -2.60. The number of aryl methyl sites for hydroxylation is 1. The van der Waals surface area contributed by atoms with Gasteiger partial charge in [-0.1, -0.05) is 34.9 Å². The number of hydrogen-bond donors (Lipinski definition) is 2. The molecule has 0 aliphatic carbocycles. The minimum atomic E-state index is -1.06. The summed E-state index contributed by atoms with van der Waals surface area (Å²) in [5.74, 6) is 0.00956. The van der Waals surface area contributed by atoms with Gasteiger partial charge >= 0.3 is 11.6 Å². The molecule has 1 unspecified atom stereocenters. The number of hydrogen-bond acceptors (Lipinski definition) is 6. The van der Waals surface area contributed by atoms with Crippen LogP contribution in [0.1, 0.15) is 91.4 Å². The van der Waals surface area contributed by atoms with E-state index in [1.807, 2.05) is 13.0 Å². The van der Waals surface area contributed by atoms with Crippen LogP contribution in [0.25, 0.3) is 0 Å². The molecular weight excluding hydrogens is 432 g/mol. The summed E-state index contributed by atoms with van der Waals surface area (Å²) in [5.41, 5.74) is 2.45. The quantitative estimate of drug-likeness (QED) is 0.266. The molecule has 2 N–H and O–H groups in total. The first-order chi connectivity index (χ1) is 15.8. The summed E-state index contributed by atoms with van der Waals surface area (Å²) in [6.45, 7) is 12.5. The Morgan fingerprint density at radius 1 is 1.03 bits per heavy atom. The standard InChI is InChI=1S/C28H42O6/c1-19(11-9-13-21(3)15-17-26(28(6,7)32)34-23(5)29)10-8-12-20(2)14-16-24-25(30)18-22(4)33-27(24)31/h10,13-14,18,26,30,32H,8-9,11-12,15-17H2,1-7H3/b19-10+,20-14+,21-13+. The predicted molar refractivity (Wildman–Crippen MR) is 136 cm³/mol. The van der Waals surface area contributed by atoms with Crippen molar-refractivity contribution in [2.24, 2.45) is 0 Å². The number of aliphatic hydroxyl groups is 1. The second-order valence-corrected chi connectivity index (χ2v) is 9.73. The van der Waals surface area contributed by atoms with Crippen molar-refractivity contribution in [1.29, 1.82) is 0 Å². The molecule has 0 aliphatic heterocycles. The van der Waals surface area contributed by atoms with E-state index in [1.54, 1.807) is 20.8 Å². The smallest absolute Gasteiger partial charge is 0.343 e. The van der Waals surface area contributed by atoms with E-state index in [0.29, 0.717) is 24.2 Å². The van der Waals surface area contributed by atoms with E-state index in [2.05, 4.69) is 26.0 Å². The average Bonchev–Trinajstić information content (AvgIpc) is 2.69. The van der Waals surface area contributed by atoms with Crippen molar-refractivity contribution in [1.82, 2.24) is 0 Å². The maximum absolute atomic E-state index is 11.9. The Kier molecular flexibility index (Phi) is 12.1. The van der Waals surface area contributed by atoms with Crippen LogP contribution in [0, 0.1) is 6.92 Å². The van der Waals surface area contributed by atoms with E-state index in [1.165, 1.54) is 24.1 Å². The Morgan fingerprint density at radius 3 is 2.06 bits per heavy atom. The fourth-order valence-corrected chi connectivity index (χ4v) is 3.60. The monoisotopic (exact) mass is 474 g/mol. The zero-order valence-electron chi connectivity index (χ0n) is 21.9. The molecule has 0 aliphatic rings. The van der Waals surface area contributed by atoms with Crippen molar-refractivity contribution in [3.05, 3.63) is 62.8 Å². The maximum atomic E-state index is 11.9. The topological polar surface area (TPSA) is 97.0 Å². The van der Waals surface area contributed by atoms with Gasteiger partial charge in [-0.25, -0.2) is 4.79 Å². The van der Waals surface area contributed by atoms with Gasteiger partial charge in [0.25, 0.3) is 0 Å². The molecule has 0 amide bonds. The lowest BCUT2D eigenvalue weighted by atomic mass is 9.95. The van der Waals surface area contributed by atoms with Crippen molar-refractivity contribution >= 4 is 5.97 Å². The third kappa shape index (κ3) is 11.5. The van der Waals surface area contributed by atoms with Gasteiger partial charge in [0.15, 0.2) is 0 Å². The van der Waals surface area contributed by atoms with Crippen molar-refractivity contribution in [2.45, 2.75) is 105 Å². The van der Waals surface area contributed by atoms with Crippen molar-refractivity contribution < 1.29 is 24.2 Å². The van der Waals surface area contributed by atoms with Gasteiger partial charge in [0.05, 0.1) is 11.2 Å². The molecule has 1 aromatic rings. The van der Waals surface area contributed by atoms with Crippen LogP contribution in [0.2, 0.25) is 0 Å². The SMILES string of the molecule is CC(=O)OC(CC/C(C)=C/CC/C(C)=C/CC/C(C)=C/Cc1c(O)cc(C)oc1=O)C(C)(C)O. The molecule has 6 nitrogen and oxygen atoms in total. The molecule has 0 saturated carbocycles. The largest absolute Gasteiger partial charge is 0.507 e. The highest BCUT2D eigenvalue weighted by atomic mass is 16.6. The number of ether oxygens (including phenoxy) is 1. The van der Waals surface area contributed by atoms with Crippen LogP contribution in [-0.2, 0) is 16.0 Å².